The predicted octanol–water partition coefficient (Wildman–Crippen LogP) is 6.23. The second-order valence-electron chi connectivity index (χ2n) is 5.36. The summed E-state index contributed by atoms with van der Waals surface area (Å²) in [5.41, 5.74) is 3.89. The summed E-state index contributed by atoms with van der Waals surface area (Å²) in [6, 6.07) is 15.9. The van der Waals surface area contributed by atoms with Crippen molar-refractivity contribution in [3.8, 4) is 39.6 Å². The van der Waals surface area contributed by atoms with E-state index in [-0.39, 0.29) is 0 Å². The highest BCUT2D eigenvalue weighted by Crippen LogP contribution is 2.41. The van der Waals surface area contributed by atoms with Gasteiger partial charge < -0.3 is 14.2 Å². The molecule has 1 heterocycles. The van der Waals surface area contributed by atoms with Crippen LogP contribution in [0.1, 0.15) is 13.8 Å². The Bertz CT molecular complexity index is 854. The van der Waals surface area contributed by atoms with E-state index in [1.807, 2.05) is 68.6 Å². The quantitative estimate of drug-likeness (QED) is 0.481. The van der Waals surface area contributed by atoms with Crippen molar-refractivity contribution in [1.29, 1.82) is 0 Å². The van der Waals surface area contributed by atoms with Gasteiger partial charge in [-0.1, -0.05) is 48.0 Å². The molecule has 0 amide bonds. The topological polar surface area (TPSA) is 40.6 Å². The van der Waals surface area contributed by atoms with E-state index in [9.17, 15) is 0 Å². The minimum atomic E-state index is 0.576. The molecule has 0 fully saturated rings. The first kappa shape index (κ1) is 20.8. The lowest BCUT2D eigenvalue weighted by atomic mass is 10.0. The van der Waals surface area contributed by atoms with Crippen LogP contribution in [-0.2, 0) is 0 Å². The zero-order chi connectivity index (χ0) is 19.8. The number of aromatic nitrogens is 1. The van der Waals surface area contributed by atoms with Crippen molar-refractivity contribution in [2.24, 2.45) is 0 Å². The molecule has 27 heavy (non-hydrogen) atoms. The van der Waals surface area contributed by atoms with Crippen molar-refractivity contribution >= 4 is 15.9 Å². The van der Waals surface area contributed by atoms with Crippen LogP contribution >= 0.6 is 15.9 Å². The number of hydrogen-bond donors (Lipinski definition) is 0. The molecule has 0 saturated heterocycles. The SMILES string of the molecule is CC.COc1cc(-c2ccc(-c3cccc(Br)c3)nc2)cc(OC)c1OC. The Morgan fingerprint density at radius 2 is 1.41 bits per heavy atom. The van der Waals surface area contributed by atoms with Gasteiger partial charge in [0.25, 0.3) is 0 Å². The molecule has 0 spiro atoms. The van der Waals surface area contributed by atoms with Crippen molar-refractivity contribution in [1.82, 2.24) is 4.98 Å². The van der Waals surface area contributed by atoms with Crippen LogP contribution in [0, 0.1) is 0 Å². The van der Waals surface area contributed by atoms with Gasteiger partial charge in [0, 0.05) is 21.8 Å². The number of pyridine rings is 1. The zero-order valence-electron chi connectivity index (χ0n) is 16.2. The predicted molar refractivity (Wildman–Crippen MR) is 114 cm³/mol. The average Bonchev–Trinajstić information content (AvgIpc) is 2.74. The number of nitrogens with zero attached hydrogens (tertiary/aromatic N) is 1. The summed E-state index contributed by atoms with van der Waals surface area (Å²) in [6.45, 7) is 4.00. The second kappa shape index (κ2) is 9.97. The van der Waals surface area contributed by atoms with Crippen molar-refractivity contribution in [2.75, 3.05) is 21.3 Å². The number of halogens is 1. The van der Waals surface area contributed by atoms with Crippen molar-refractivity contribution in [2.45, 2.75) is 13.8 Å². The Balaban J connectivity index is 0.00000126. The van der Waals surface area contributed by atoms with Crippen LogP contribution < -0.4 is 14.2 Å². The molecule has 4 nitrogen and oxygen atoms in total. The fourth-order valence-corrected chi connectivity index (χ4v) is 3.03. The molecule has 0 radical (unpaired) electrons. The van der Waals surface area contributed by atoms with Crippen LogP contribution in [0.4, 0.5) is 0 Å². The molecular formula is C22H24BrNO3. The zero-order valence-corrected chi connectivity index (χ0v) is 17.8. The van der Waals surface area contributed by atoms with Crippen LogP contribution in [0.5, 0.6) is 17.2 Å². The van der Waals surface area contributed by atoms with Gasteiger partial charge in [-0.05, 0) is 35.9 Å². The average molecular weight is 430 g/mol. The van der Waals surface area contributed by atoms with E-state index < -0.39 is 0 Å². The first-order chi connectivity index (χ1) is 13.2. The molecule has 3 rings (SSSR count). The smallest absolute Gasteiger partial charge is 0.203 e. The molecule has 0 bridgehead atoms. The summed E-state index contributed by atoms with van der Waals surface area (Å²) in [5, 5.41) is 0. The van der Waals surface area contributed by atoms with E-state index in [0.717, 1.165) is 26.9 Å². The van der Waals surface area contributed by atoms with Gasteiger partial charge in [-0.2, -0.15) is 0 Å². The molecule has 0 aliphatic rings. The van der Waals surface area contributed by atoms with Gasteiger partial charge in [-0.15, -0.1) is 0 Å². The number of methoxy groups -OCH3 is 3. The van der Waals surface area contributed by atoms with Crippen molar-refractivity contribution in [3.05, 3.63) is 59.2 Å². The van der Waals surface area contributed by atoms with Gasteiger partial charge in [-0.25, -0.2) is 0 Å². The third-order valence-corrected chi connectivity index (χ3v) is 4.38. The molecule has 0 saturated carbocycles. The Morgan fingerprint density at radius 1 is 0.741 bits per heavy atom. The normalized spacial score (nSPS) is 9.85. The van der Waals surface area contributed by atoms with Crippen LogP contribution in [0.2, 0.25) is 0 Å². The maximum absolute atomic E-state index is 5.42. The molecule has 0 atom stereocenters. The lowest BCUT2D eigenvalue weighted by molar-refractivity contribution is 0.324. The van der Waals surface area contributed by atoms with E-state index in [4.69, 9.17) is 14.2 Å². The first-order valence-electron chi connectivity index (χ1n) is 8.68. The molecule has 1 aromatic heterocycles. The first-order valence-corrected chi connectivity index (χ1v) is 9.48. The van der Waals surface area contributed by atoms with Crippen molar-refractivity contribution < 1.29 is 14.2 Å². The maximum atomic E-state index is 5.42. The van der Waals surface area contributed by atoms with Crippen LogP contribution in [-0.4, -0.2) is 26.3 Å². The molecule has 0 aliphatic heterocycles. The standard InChI is InChI=1S/C20H18BrNO3.C2H6/c1-23-18-10-15(11-19(24-2)20(18)25-3)14-7-8-17(22-12-14)13-5-4-6-16(21)9-13;1-2/h4-12H,1-3H3;1-2H3. The van der Waals surface area contributed by atoms with Crippen LogP contribution in [0.25, 0.3) is 22.4 Å². The van der Waals surface area contributed by atoms with E-state index in [1.165, 1.54) is 0 Å². The summed E-state index contributed by atoms with van der Waals surface area (Å²) in [4.78, 5) is 4.59. The number of hydrogen-bond acceptors (Lipinski definition) is 4. The van der Waals surface area contributed by atoms with Gasteiger partial charge in [0.05, 0.1) is 27.0 Å². The largest absolute Gasteiger partial charge is 0.493 e. The number of benzene rings is 2. The molecular weight excluding hydrogens is 406 g/mol. The summed E-state index contributed by atoms with van der Waals surface area (Å²) >= 11 is 3.49. The minimum absolute atomic E-state index is 0.576. The lowest BCUT2D eigenvalue weighted by Crippen LogP contribution is -1.96. The maximum Gasteiger partial charge on any atom is 0.203 e. The Morgan fingerprint density at radius 3 is 1.89 bits per heavy atom. The monoisotopic (exact) mass is 429 g/mol. The minimum Gasteiger partial charge on any atom is -0.493 e. The summed E-state index contributed by atoms with van der Waals surface area (Å²) in [7, 11) is 4.81. The van der Waals surface area contributed by atoms with E-state index >= 15 is 0 Å². The van der Waals surface area contributed by atoms with Crippen molar-refractivity contribution in [3.63, 3.8) is 0 Å². The van der Waals surface area contributed by atoms with Gasteiger partial charge >= 0.3 is 0 Å². The Hall–Kier alpha value is -2.53. The highest BCUT2D eigenvalue weighted by molar-refractivity contribution is 9.10. The van der Waals surface area contributed by atoms with E-state index in [0.29, 0.717) is 17.2 Å². The Labute approximate surface area is 169 Å². The number of ether oxygens (including phenoxy) is 3. The van der Waals surface area contributed by atoms with Gasteiger partial charge in [-0.3, -0.25) is 4.98 Å². The van der Waals surface area contributed by atoms with Gasteiger partial charge in [0.1, 0.15) is 0 Å². The summed E-state index contributed by atoms with van der Waals surface area (Å²) in [6.07, 6.45) is 1.84. The highest BCUT2D eigenvalue weighted by Gasteiger charge is 2.14. The molecule has 0 N–H and O–H groups in total. The fourth-order valence-electron chi connectivity index (χ4n) is 2.63. The highest BCUT2D eigenvalue weighted by atomic mass is 79.9. The summed E-state index contributed by atoms with van der Waals surface area (Å²) in [5.74, 6) is 1.81. The Kier molecular flexibility index (Phi) is 7.67. The lowest BCUT2D eigenvalue weighted by Gasteiger charge is -2.14. The third kappa shape index (κ3) is 4.80. The molecule has 5 heteroatoms. The van der Waals surface area contributed by atoms with E-state index in [1.54, 1.807) is 21.3 Å². The fraction of sp³-hybridized carbons (Fsp3) is 0.227. The number of rotatable bonds is 5. The summed E-state index contributed by atoms with van der Waals surface area (Å²) < 4.78 is 17.2. The van der Waals surface area contributed by atoms with Gasteiger partial charge in [0.2, 0.25) is 5.75 Å². The van der Waals surface area contributed by atoms with E-state index in [2.05, 4.69) is 20.9 Å². The third-order valence-electron chi connectivity index (χ3n) is 3.88. The second-order valence-corrected chi connectivity index (χ2v) is 6.27. The molecule has 3 aromatic rings. The molecule has 0 aliphatic carbocycles. The van der Waals surface area contributed by atoms with Gasteiger partial charge in [0.15, 0.2) is 11.5 Å². The molecule has 142 valence electrons. The molecule has 0 unspecified atom stereocenters. The molecule has 2 aromatic carbocycles. The van der Waals surface area contributed by atoms with Crippen LogP contribution in [0.3, 0.4) is 0 Å². The van der Waals surface area contributed by atoms with Crippen LogP contribution in [0.15, 0.2) is 59.2 Å².